The maximum absolute atomic E-state index is 12.4. The zero-order valence-electron chi connectivity index (χ0n) is 13.2. The van der Waals surface area contributed by atoms with Crippen molar-refractivity contribution in [3.05, 3.63) is 60.2 Å². The quantitative estimate of drug-likeness (QED) is 0.893. The molecule has 1 N–H and O–H groups in total. The molecule has 0 saturated heterocycles. The first kappa shape index (κ1) is 15.9. The maximum atomic E-state index is 12.4. The van der Waals surface area contributed by atoms with Gasteiger partial charge in [-0.3, -0.25) is 0 Å². The summed E-state index contributed by atoms with van der Waals surface area (Å²) in [6, 6.07) is 17.2. The van der Waals surface area contributed by atoms with E-state index in [4.69, 9.17) is 4.74 Å². The lowest BCUT2D eigenvalue weighted by atomic mass is 10.0. The minimum Gasteiger partial charge on any atom is -0.497 e. The molecule has 2 aromatic rings. The summed E-state index contributed by atoms with van der Waals surface area (Å²) in [6.45, 7) is 2.07. The van der Waals surface area contributed by atoms with Crippen molar-refractivity contribution in [1.82, 2.24) is 4.90 Å². The molecule has 2 rings (SSSR count). The van der Waals surface area contributed by atoms with Gasteiger partial charge in [-0.1, -0.05) is 37.3 Å². The number of para-hydroxylation sites is 1. The van der Waals surface area contributed by atoms with Gasteiger partial charge in [0.1, 0.15) is 5.75 Å². The van der Waals surface area contributed by atoms with E-state index in [1.165, 1.54) is 0 Å². The highest BCUT2D eigenvalue weighted by Gasteiger charge is 2.20. The Kier molecular flexibility index (Phi) is 5.42. The average molecular weight is 298 g/mol. The van der Waals surface area contributed by atoms with Crippen molar-refractivity contribution in [3.63, 3.8) is 0 Å². The van der Waals surface area contributed by atoms with Crippen LogP contribution in [0.15, 0.2) is 54.6 Å². The Morgan fingerprint density at radius 1 is 1.18 bits per heavy atom. The first-order valence-electron chi connectivity index (χ1n) is 7.38. The van der Waals surface area contributed by atoms with Gasteiger partial charge in [0.2, 0.25) is 0 Å². The number of carbonyl (C=O) groups is 1. The molecule has 0 radical (unpaired) electrons. The number of rotatable bonds is 5. The molecule has 0 aliphatic rings. The summed E-state index contributed by atoms with van der Waals surface area (Å²) in [7, 11) is 3.46. The molecular formula is C18H22N2O2. The minimum atomic E-state index is -0.124. The largest absolute Gasteiger partial charge is 0.497 e. The molecule has 0 aliphatic carbocycles. The van der Waals surface area contributed by atoms with Crippen molar-refractivity contribution in [2.24, 2.45) is 0 Å². The van der Waals surface area contributed by atoms with Crippen molar-refractivity contribution in [1.29, 1.82) is 0 Å². The number of benzene rings is 2. The third kappa shape index (κ3) is 3.79. The van der Waals surface area contributed by atoms with E-state index in [0.29, 0.717) is 0 Å². The highest BCUT2D eigenvalue weighted by Crippen LogP contribution is 2.26. The summed E-state index contributed by atoms with van der Waals surface area (Å²) in [4.78, 5) is 14.1. The molecule has 4 nitrogen and oxygen atoms in total. The number of nitrogens with one attached hydrogen (secondary N) is 1. The maximum Gasteiger partial charge on any atom is 0.322 e. The summed E-state index contributed by atoms with van der Waals surface area (Å²) in [6.07, 6.45) is 0.825. The number of anilines is 1. The molecule has 1 unspecified atom stereocenters. The van der Waals surface area contributed by atoms with Crippen LogP contribution >= 0.6 is 0 Å². The molecule has 0 aromatic heterocycles. The van der Waals surface area contributed by atoms with Gasteiger partial charge in [-0.05, 0) is 36.2 Å². The predicted molar refractivity (Wildman–Crippen MR) is 89.2 cm³/mol. The first-order chi connectivity index (χ1) is 10.7. The fourth-order valence-electron chi connectivity index (χ4n) is 2.46. The number of ether oxygens (including phenoxy) is 1. The van der Waals surface area contributed by atoms with Crippen LogP contribution in [-0.4, -0.2) is 25.1 Å². The zero-order chi connectivity index (χ0) is 15.9. The van der Waals surface area contributed by atoms with Crippen molar-refractivity contribution in [2.75, 3.05) is 19.5 Å². The molecule has 0 spiro atoms. The van der Waals surface area contributed by atoms with Gasteiger partial charge in [-0.25, -0.2) is 4.79 Å². The first-order valence-corrected chi connectivity index (χ1v) is 7.38. The summed E-state index contributed by atoms with van der Waals surface area (Å²) >= 11 is 0. The van der Waals surface area contributed by atoms with Crippen LogP contribution < -0.4 is 10.1 Å². The van der Waals surface area contributed by atoms with Crippen LogP contribution in [0.4, 0.5) is 10.5 Å². The highest BCUT2D eigenvalue weighted by atomic mass is 16.5. The fourth-order valence-corrected chi connectivity index (χ4v) is 2.46. The van der Waals surface area contributed by atoms with Crippen molar-refractivity contribution < 1.29 is 9.53 Å². The van der Waals surface area contributed by atoms with E-state index < -0.39 is 0 Å². The number of nitrogens with zero attached hydrogens (tertiary/aromatic N) is 1. The number of hydrogen-bond acceptors (Lipinski definition) is 2. The summed E-state index contributed by atoms with van der Waals surface area (Å²) < 4.78 is 5.27. The molecule has 1 atom stereocenters. The van der Waals surface area contributed by atoms with Crippen LogP contribution in [0.1, 0.15) is 24.9 Å². The molecule has 0 bridgehead atoms. The van der Waals surface area contributed by atoms with Gasteiger partial charge in [0.05, 0.1) is 13.2 Å². The van der Waals surface area contributed by atoms with Gasteiger partial charge >= 0.3 is 6.03 Å². The van der Waals surface area contributed by atoms with Crippen molar-refractivity contribution in [3.8, 4) is 5.75 Å². The molecule has 0 fully saturated rings. The van der Waals surface area contributed by atoms with Crippen LogP contribution in [-0.2, 0) is 0 Å². The second kappa shape index (κ2) is 7.50. The molecule has 22 heavy (non-hydrogen) atoms. The van der Waals surface area contributed by atoms with E-state index in [1.54, 1.807) is 12.0 Å². The Bertz CT molecular complexity index is 613. The molecule has 0 heterocycles. The topological polar surface area (TPSA) is 41.6 Å². The van der Waals surface area contributed by atoms with Crippen LogP contribution in [0, 0.1) is 0 Å². The Morgan fingerprint density at radius 2 is 1.91 bits per heavy atom. The monoisotopic (exact) mass is 298 g/mol. The van der Waals surface area contributed by atoms with Crippen molar-refractivity contribution >= 4 is 11.7 Å². The molecular weight excluding hydrogens is 276 g/mol. The van der Waals surface area contributed by atoms with Gasteiger partial charge in [0.15, 0.2) is 0 Å². The van der Waals surface area contributed by atoms with Gasteiger partial charge in [0.25, 0.3) is 0 Å². The number of hydrogen-bond donors (Lipinski definition) is 1. The Morgan fingerprint density at radius 3 is 2.55 bits per heavy atom. The van der Waals surface area contributed by atoms with E-state index in [1.807, 2.05) is 61.6 Å². The minimum absolute atomic E-state index is 0.00110. The number of carbonyl (C=O) groups excluding carboxylic acids is 1. The lowest BCUT2D eigenvalue weighted by Crippen LogP contribution is -2.34. The lowest BCUT2D eigenvalue weighted by Gasteiger charge is -2.28. The predicted octanol–water partition coefficient (Wildman–Crippen LogP) is 4.31. The second-order valence-electron chi connectivity index (χ2n) is 5.11. The average Bonchev–Trinajstić information content (AvgIpc) is 2.56. The zero-order valence-corrected chi connectivity index (χ0v) is 13.2. The summed E-state index contributed by atoms with van der Waals surface area (Å²) in [5, 5.41) is 2.91. The third-order valence-corrected chi connectivity index (χ3v) is 3.68. The molecule has 4 heteroatoms. The van der Waals surface area contributed by atoms with Gasteiger partial charge in [0, 0.05) is 12.7 Å². The van der Waals surface area contributed by atoms with Crippen LogP contribution in [0.5, 0.6) is 5.75 Å². The summed E-state index contributed by atoms with van der Waals surface area (Å²) in [5.74, 6) is 0.799. The molecule has 2 aromatic carbocycles. The fraction of sp³-hybridized carbons (Fsp3) is 0.278. The Labute approximate surface area is 131 Å². The van der Waals surface area contributed by atoms with E-state index in [9.17, 15) is 4.79 Å². The van der Waals surface area contributed by atoms with Gasteiger partial charge in [-0.15, -0.1) is 0 Å². The standard InChI is InChI=1S/C18H22N2O2/c1-4-17(14-9-8-12-16(13-14)22-3)20(2)18(21)19-15-10-6-5-7-11-15/h5-13,17H,4H2,1-3H3,(H,19,21). The number of methoxy groups -OCH3 is 1. The van der Waals surface area contributed by atoms with Crippen LogP contribution in [0.2, 0.25) is 0 Å². The van der Waals surface area contributed by atoms with Crippen LogP contribution in [0.25, 0.3) is 0 Å². The van der Waals surface area contributed by atoms with E-state index in [-0.39, 0.29) is 12.1 Å². The Balaban J connectivity index is 2.13. The highest BCUT2D eigenvalue weighted by molar-refractivity contribution is 5.89. The van der Waals surface area contributed by atoms with Crippen molar-refractivity contribution in [2.45, 2.75) is 19.4 Å². The molecule has 116 valence electrons. The smallest absolute Gasteiger partial charge is 0.322 e. The summed E-state index contributed by atoms with van der Waals surface area (Å²) in [5.41, 5.74) is 1.85. The second-order valence-corrected chi connectivity index (χ2v) is 5.11. The van der Waals surface area contributed by atoms with E-state index in [0.717, 1.165) is 23.4 Å². The SMILES string of the molecule is CCC(c1cccc(OC)c1)N(C)C(=O)Nc1ccccc1. The number of urea groups is 1. The molecule has 0 aliphatic heterocycles. The van der Waals surface area contributed by atoms with Gasteiger partial charge < -0.3 is 15.0 Å². The number of amides is 2. The molecule has 2 amide bonds. The third-order valence-electron chi connectivity index (χ3n) is 3.68. The lowest BCUT2D eigenvalue weighted by molar-refractivity contribution is 0.202. The van der Waals surface area contributed by atoms with Crippen LogP contribution in [0.3, 0.4) is 0 Å². The Hall–Kier alpha value is -2.49. The van der Waals surface area contributed by atoms with E-state index in [2.05, 4.69) is 12.2 Å². The van der Waals surface area contributed by atoms with Gasteiger partial charge in [-0.2, -0.15) is 0 Å². The van der Waals surface area contributed by atoms with E-state index >= 15 is 0 Å². The normalized spacial score (nSPS) is 11.6. The molecule has 0 saturated carbocycles.